The summed E-state index contributed by atoms with van der Waals surface area (Å²) in [6.45, 7) is 11.7. The third kappa shape index (κ3) is 3.60. The Morgan fingerprint density at radius 1 is 1.40 bits per heavy atom. The van der Waals surface area contributed by atoms with E-state index in [1.165, 1.54) is 0 Å². The number of rotatable bonds is 5. The monoisotopic (exact) mass is 339 g/mol. The first-order valence-electron chi connectivity index (χ1n) is 8.69. The normalized spacial score (nSPS) is 13.7. The van der Waals surface area contributed by atoms with Gasteiger partial charge in [0, 0.05) is 30.8 Å². The topological polar surface area (TPSA) is 58.2 Å². The van der Waals surface area contributed by atoms with Gasteiger partial charge in [-0.3, -0.25) is 9.89 Å². The molecule has 0 unspecified atom stereocenters. The number of fused-ring (bicyclic) bond motifs is 1. The van der Waals surface area contributed by atoms with Gasteiger partial charge in [-0.25, -0.2) is 0 Å². The summed E-state index contributed by atoms with van der Waals surface area (Å²) in [5.41, 5.74) is 4.89. The van der Waals surface area contributed by atoms with Gasteiger partial charge in [-0.15, -0.1) is 0 Å². The van der Waals surface area contributed by atoms with Gasteiger partial charge in [0.25, 0.3) is 5.91 Å². The van der Waals surface area contributed by atoms with E-state index < -0.39 is 0 Å². The Labute approximate surface area is 148 Å². The molecule has 0 fully saturated rings. The van der Waals surface area contributed by atoms with E-state index in [1.807, 2.05) is 36.1 Å². The van der Waals surface area contributed by atoms with Crippen LogP contribution in [0.4, 0.5) is 0 Å². The maximum absolute atomic E-state index is 13.1. The molecule has 3 rings (SSSR count). The average molecular weight is 339 g/mol. The number of amides is 1. The van der Waals surface area contributed by atoms with Crippen molar-refractivity contribution in [1.82, 2.24) is 15.1 Å². The first-order valence-corrected chi connectivity index (χ1v) is 8.69. The fourth-order valence-corrected chi connectivity index (χ4v) is 3.11. The lowest BCUT2D eigenvalue weighted by Gasteiger charge is -2.28. The number of carbonyl (C=O) groups excluding carboxylic acids is 1. The Hall–Kier alpha value is -2.56. The first kappa shape index (κ1) is 17.3. The van der Waals surface area contributed by atoms with Gasteiger partial charge in [-0.05, 0) is 30.5 Å². The van der Waals surface area contributed by atoms with Crippen molar-refractivity contribution in [3.8, 4) is 5.75 Å². The molecule has 0 aliphatic carbocycles. The standard InChI is InChI=1S/C20H25N3O2/c1-13(2)12-25-18-8-6-5-7-15(18)20(24)23-10-9-17-16(11-23)19(14(3)4)22-21-17/h5-8,14H,1,9-12H2,2-4H3,(H,21,22). The number of benzene rings is 1. The van der Waals surface area contributed by atoms with Crippen LogP contribution in [-0.2, 0) is 13.0 Å². The van der Waals surface area contributed by atoms with Crippen molar-refractivity contribution in [2.75, 3.05) is 13.2 Å². The second kappa shape index (κ2) is 7.13. The van der Waals surface area contributed by atoms with E-state index in [1.54, 1.807) is 0 Å². The molecule has 132 valence electrons. The second-order valence-corrected chi connectivity index (χ2v) is 6.94. The molecule has 0 atom stereocenters. The molecular formula is C20H25N3O2. The minimum atomic E-state index is -0.00104. The lowest BCUT2D eigenvalue weighted by Crippen LogP contribution is -2.36. The molecule has 1 aliphatic heterocycles. The molecule has 1 aliphatic rings. The van der Waals surface area contributed by atoms with E-state index in [0.29, 0.717) is 36.9 Å². The Kier molecular flexibility index (Phi) is 4.93. The Bertz CT molecular complexity index is 792. The summed E-state index contributed by atoms with van der Waals surface area (Å²) in [6.07, 6.45) is 0.801. The molecule has 0 radical (unpaired) electrons. The van der Waals surface area contributed by atoms with Crippen LogP contribution in [0.3, 0.4) is 0 Å². The highest BCUT2D eigenvalue weighted by Crippen LogP contribution is 2.28. The minimum Gasteiger partial charge on any atom is -0.488 e. The summed E-state index contributed by atoms with van der Waals surface area (Å²) in [4.78, 5) is 15.0. The number of H-pyrrole nitrogens is 1. The number of nitrogens with one attached hydrogen (secondary N) is 1. The molecule has 2 aromatic rings. The zero-order valence-electron chi connectivity index (χ0n) is 15.1. The Morgan fingerprint density at radius 2 is 2.16 bits per heavy atom. The van der Waals surface area contributed by atoms with Gasteiger partial charge in [0.05, 0.1) is 11.3 Å². The molecular weight excluding hydrogens is 314 g/mol. The zero-order valence-corrected chi connectivity index (χ0v) is 15.1. The smallest absolute Gasteiger partial charge is 0.257 e. The van der Waals surface area contributed by atoms with Gasteiger partial charge in [0.15, 0.2) is 0 Å². The van der Waals surface area contributed by atoms with Gasteiger partial charge in [-0.2, -0.15) is 5.10 Å². The van der Waals surface area contributed by atoms with Crippen LogP contribution in [0.15, 0.2) is 36.4 Å². The van der Waals surface area contributed by atoms with E-state index >= 15 is 0 Å². The molecule has 0 spiro atoms. The number of aromatic amines is 1. The highest BCUT2D eigenvalue weighted by molar-refractivity contribution is 5.97. The van der Waals surface area contributed by atoms with Crippen molar-refractivity contribution >= 4 is 5.91 Å². The van der Waals surface area contributed by atoms with E-state index in [2.05, 4.69) is 30.6 Å². The largest absolute Gasteiger partial charge is 0.488 e. The van der Waals surface area contributed by atoms with Crippen molar-refractivity contribution in [1.29, 1.82) is 0 Å². The number of carbonyl (C=O) groups is 1. The lowest BCUT2D eigenvalue weighted by molar-refractivity contribution is 0.0729. The molecule has 0 saturated carbocycles. The summed E-state index contributed by atoms with van der Waals surface area (Å²) in [5, 5.41) is 7.56. The molecule has 1 aromatic carbocycles. The van der Waals surface area contributed by atoms with Crippen molar-refractivity contribution < 1.29 is 9.53 Å². The molecule has 0 bridgehead atoms. The van der Waals surface area contributed by atoms with Crippen LogP contribution >= 0.6 is 0 Å². The summed E-state index contributed by atoms with van der Waals surface area (Å²) >= 11 is 0. The quantitative estimate of drug-likeness (QED) is 0.845. The second-order valence-electron chi connectivity index (χ2n) is 6.94. The minimum absolute atomic E-state index is 0.00104. The molecule has 1 amide bonds. The number of ether oxygens (including phenoxy) is 1. The molecule has 0 saturated heterocycles. The number of nitrogens with zero attached hydrogens (tertiary/aromatic N) is 2. The van der Waals surface area contributed by atoms with Crippen LogP contribution in [0.1, 0.15) is 54.0 Å². The molecule has 25 heavy (non-hydrogen) atoms. The van der Waals surface area contributed by atoms with Crippen LogP contribution < -0.4 is 4.74 Å². The number of hydrogen-bond acceptors (Lipinski definition) is 3. The number of para-hydroxylation sites is 1. The third-order valence-electron chi connectivity index (χ3n) is 4.39. The summed E-state index contributed by atoms with van der Waals surface area (Å²) in [6, 6.07) is 7.41. The molecule has 1 N–H and O–H groups in total. The highest BCUT2D eigenvalue weighted by Gasteiger charge is 2.27. The van der Waals surface area contributed by atoms with Crippen LogP contribution in [-0.4, -0.2) is 34.2 Å². The van der Waals surface area contributed by atoms with E-state index in [9.17, 15) is 4.79 Å². The highest BCUT2D eigenvalue weighted by atomic mass is 16.5. The molecule has 5 heteroatoms. The molecule has 1 aromatic heterocycles. The fourth-order valence-electron chi connectivity index (χ4n) is 3.11. The third-order valence-corrected chi connectivity index (χ3v) is 4.39. The van der Waals surface area contributed by atoms with E-state index in [-0.39, 0.29) is 5.91 Å². The predicted octanol–water partition coefficient (Wildman–Crippen LogP) is 3.69. The lowest BCUT2D eigenvalue weighted by atomic mass is 9.99. The number of aromatic nitrogens is 2. The average Bonchev–Trinajstić information content (AvgIpc) is 3.03. The van der Waals surface area contributed by atoms with Crippen LogP contribution in [0.25, 0.3) is 0 Å². The van der Waals surface area contributed by atoms with Crippen LogP contribution in [0, 0.1) is 0 Å². The maximum Gasteiger partial charge on any atom is 0.257 e. The summed E-state index contributed by atoms with van der Waals surface area (Å²) < 4.78 is 5.76. The van der Waals surface area contributed by atoms with Gasteiger partial charge in [0.2, 0.25) is 0 Å². The van der Waals surface area contributed by atoms with Crippen molar-refractivity contribution in [3.05, 3.63) is 58.9 Å². The van der Waals surface area contributed by atoms with Gasteiger partial charge >= 0.3 is 0 Å². The first-order chi connectivity index (χ1) is 12.0. The van der Waals surface area contributed by atoms with Gasteiger partial charge < -0.3 is 9.64 Å². The van der Waals surface area contributed by atoms with E-state index in [4.69, 9.17) is 4.74 Å². The Morgan fingerprint density at radius 3 is 2.88 bits per heavy atom. The van der Waals surface area contributed by atoms with Crippen LogP contribution in [0.2, 0.25) is 0 Å². The van der Waals surface area contributed by atoms with E-state index in [0.717, 1.165) is 28.9 Å². The summed E-state index contributed by atoms with van der Waals surface area (Å²) in [7, 11) is 0. The Balaban J connectivity index is 1.82. The zero-order chi connectivity index (χ0) is 18.0. The van der Waals surface area contributed by atoms with Crippen molar-refractivity contribution in [2.45, 2.75) is 39.7 Å². The molecule has 5 nitrogen and oxygen atoms in total. The maximum atomic E-state index is 13.1. The van der Waals surface area contributed by atoms with Crippen LogP contribution in [0.5, 0.6) is 5.75 Å². The van der Waals surface area contributed by atoms with Gasteiger partial charge in [-0.1, -0.05) is 32.6 Å². The van der Waals surface area contributed by atoms with Gasteiger partial charge in [0.1, 0.15) is 12.4 Å². The molecule has 2 heterocycles. The number of hydrogen-bond donors (Lipinski definition) is 1. The predicted molar refractivity (Wildman–Crippen MR) is 97.9 cm³/mol. The van der Waals surface area contributed by atoms with Crippen molar-refractivity contribution in [2.24, 2.45) is 0 Å². The summed E-state index contributed by atoms with van der Waals surface area (Å²) in [5.74, 6) is 0.942. The van der Waals surface area contributed by atoms with Crippen molar-refractivity contribution in [3.63, 3.8) is 0 Å². The SMILES string of the molecule is C=C(C)COc1ccccc1C(=O)N1CCc2[nH]nc(C(C)C)c2C1. The fraction of sp³-hybridized carbons (Fsp3) is 0.400.